The third-order valence-electron chi connectivity index (χ3n) is 2.17. The van der Waals surface area contributed by atoms with Gasteiger partial charge in [-0.2, -0.15) is 0 Å². The van der Waals surface area contributed by atoms with E-state index in [4.69, 9.17) is 9.47 Å². The van der Waals surface area contributed by atoms with Crippen molar-refractivity contribution < 1.29 is 9.47 Å². The van der Waals surface area contributed by atoms with E-state index in [2.05, 4.69) is 28.1 Å². The van der Waals surface area contributed by atoms with E-state index in [1.165, 1.54) is 5.56 Å². The van der Waals surface area contributed by atoms with Gasteiger partial charge in [0.05, 0.1) is 25.4 Å². The minimum atomic E-state index is 0.108. The lowest BCUT2D eigenvalue weighted by atomic mass is 10.1. The van der Waals surface area contributed by atoms with Crippen molar-refractivity contribution in [2.75, 3.05) is 18.5 Å². The van der Waals surface area contributed by atoms with Gasteiger partial charge in [-0.25, -0.2) is 0 Å². The Bertz CT molecular complexity index is 275. The quantitative estimate of drug-likeness (QED) is 0.564. The zero-order chi connectivity index (χ0) is 11.8. The molecule has 0 aliphatic carbocycles. The van der Waals surface area contributed by atoms with Gasteiger partial charge < -0.3 is 9.47 Å². The molecule has 0 saturated carbocycles. The average Bonchev–Trinajstić information content (AvgIpc) is 2.30. The zero-order valence-electron chi connectivity index (χ0n) is 9.86. The number of ether oxygens (including phenoxy) is 2. The molecule has 0 heterocycles. The smallest absolute Gasteiger partial charge is 0.0922 e. The summed E-state index contributed by atoms with van der Waals surface area (Å²) in [4.78, 5) is 0. The normalized spacial score (nSPS) is 13.0. The zero-order valence-corrected chi connectivity index (χ0v) is 11.4. The third kappa shape index (κ3) is 5.10. The Morgan fingerprint density at radius 2 is 1.69 bits per heavy atom. The van der Waals surface area contributed by atoms with Gasteiger partial charge in [-0.3, -0.25) is 0 Å². The van der Waals surface area contributed by atoms with Gasteiger partial charge in [0.25, 0.3) is 0 Å². The molecule has 90 valence electrons. The molecule has 1 unspecified atom stereocenters. The maximum atomic E-state index is 5.76. The van der Waals surface area contributed by atoms with Crippen LogP contribution in [-0.2, 0) is 9.47 Å². The topological polar surface area (TPSA) is 18.5 Å². The molecule has 0 aliphatic heterocycles. The highest BCUT2D eigenvalue weighted by molar-refractivity contribution is 9.09. The summed E-state index contributed by atoms with van der Waals surface area (Å²) in [5.41, 5.74) is 1.20. The van der Waals surface area contributed by atoms with Crippen molar-refractivity contribution in [2.45, 2.75) is 26.1 Å². The molecular formula is C13H19BrO2. The van der Waals surface area contributed by atoms with Crippen LogP contribution >= 0.6 is 15.9 Å². The molecule has 0 aromatic heterocycles. The Labute approximate surface area is 106 Å². The summed E-state index contributed by atoms with van der Waals surface area (Å²) in [6.07, 6.45) is 0.375. The van der Waals surface area contributed by atoms with E-state index < -0.39 is 0 Å². The van der Waals surface area contributed by atoms with Crippen LogP contribution in [0.5, 0.6) is 0 Å². The monoisotopic (exact) mass is 286 g/mol. The Kier molecular flexibility index (Phi) is 6.69. The van der Waals surface area contributed by atoms with E-state index in [0.29, 0.717) is 13.2 Å². The van der Waals surface area contributed by atoms with E-state index in [-0.39, 0.29) is 12.2 Å². The SMILES string of the molecule is CC(C)OCCOC(CBr)c1ccccc1. The molecule has 0 saturated heterocycles. The molecular weight excluding hydrogens is 268 g/mol. The molecule has 1 rings (SSSR count). The molecule has 0 N–H and O–H groups in total. The highest BCUT2D eigenvalue weighted by atomic mass is 79.9. The van der Waals surface area contributed by atoms with E-state index in [9.17, 15) is 0 Å². The van der Waals surface area contributed by atoms with Gasteiger partial charge in [0.15, 0.2) is 0 Å². The molecule has 0 bridgehead atoms. The van der Waals surface area contributed by atoms with Crippen LogP contribution in [0.15, 0.2) is 30.3 Å². The lowest BCUT2D eigenvalue weighted by Gasteiger charge is -2.16. The van der Waals surface area contributed by atoms with Gasteiger partial charge in [-0.05, 0) is 19.4 Å². The summed E-state index contributed by atoms with van der Waals surface area (Å²) < 4.78 is 11.2. The number of hydrogen-bond acceptors (Lipinski definition) is 2. The summed E-state index contributed by atoms with van der Waals surface area (Å²) in [6.45, 7) is 5.33. The first-order valence-electron chi connectivity index (χ1n) is 5.58. The fourth-order valence-corrected chi connectivity index (χ4v) is 1.93. The standard InChI is InChI=1S/C13H19BrO2/c1-11(2)15-8-9-16-13(10-14)12-6-4-3-5-7-12/h3-7,11,13H,8-10H2,1-2H3. The third-order valence-corrected chi connectivity index (χ3v) is 2.75. The molecule has 1 atom stereocenters. The number of alkyl halides is 1. The van der Waals surface area contributed by atoms with Crippen molar-refractivity contribution in [1.29, 1.82) is 0 Å². The first kappa shape index (κ1) is 13.7. The Balaban J connectivity index is 2.33. The Morgan fingerprint density at radius 1 is 1.06 bits per heavy atom. The van der Waals surface area contributed by atoms with E-state index in [0.717, 1.165) is 5.33 Å². The number of halogens is 1. The molecule has 0 amide bonds. The van der Waals surface area contributed by atoms with E-state index in [1.54, 1.807) is 0 Å². The molecule has 0 aliphatic rings. The lowest BCUT2D eigenvalue weighted by Crippen LogP contribution is -2.13. The molecule has 3 heteroatoms. The maximum absolute atomic E-state index is 5.76. The van der Waals surface area contributed by atoms with Crippen molar-refractivity contribution in [2.24, 2.45) is 0 Å². The van der Waals surface area contributed by atoms with Crippen LogP contribution in [0.1, 0.15) is 25.5 Å². The van der Waals surface area contributed by atoms with Crippen molar-refractivity contribution in [3.8, 4) is 0 Å². The minimum absolute atomic E-state index is 0.108. The molecule has 16 heavy (non-hydrogen) atoms. The van der Waals surface area contributed by atoms with Crippen molar-refractivity contribution >= 4 is 15.9 Å². The van der Waals surface area contributed by atoms with Crippen LogP contribution in [0.25, 0.3) is 0 Å². The summed E-state index contributed by atoms with van der Waals surface area (Å²) in [5, 5.41) is 0.804. The second-order valence-electron chi connectivity index (χ2n) is 3.84. The molecule has 1 aromatic carbocycles. The van der Waals surface area contributed by atoms with E-state index >= 15 is 0 Å². The van der Waals surface area contributed by atoms with Gasteiger partial charge in [-0.15, -0.1) is 0 Å². The fourth-order valence-electron chi connectivity index (χ4n) is 1.37. The number of rotatable bonds is 7. The second-order valence-corrected chi connectivity index (χ2v) is 4.49. The molecule has 0 fully saturated rings. The maximum Gasteiger partial charge on any atom is 0.0922 e. The molecule has 2 nitrogen and oxygen atoms in total. The van der Waals surface area contributed by atoms with Gasteiger partial charge in [0.2, 0.25) is 0 Å². The second kappa shape index (κ2) is 7.82. The van der Waals surface area contributed by atoms with E-state index in [1.807, 2.05) is 32.0 Å². The van der Waals surface area contributed by atoms with Crippen molar-refractivity contribution in [1.82, 2.24) is 0 Å². The number of benzene rings is 1. The Morgan fingerprint density at radius 3 is 2.25 bits per heavy atom. The molecule has 1 aromatic rings. The van der Waals surface area contributed by atoms with Crippen LogP contribution in [0.4, 0.5) is 0 Å². The van der Waals surface area contributed by atoms with Crippen LogP contribution in [0.3, 0.4) is 0 Å². The van der Waals surface area contributed by atoms with Gasteiger partial charge >= 0.3 is 0 Å². The summed E-state index contributed by atoms with van der Waals surface area (Å²) >= 11 is 3.47. The summed E-state index contributed by atoms with van der Waals surface area (Å²) in [7, 11) is 0. The molecule has 0 radical (unpaired) electrons. The summed E-state index contributed by atoms with van der Waals surface area (Å²) in [6, 6.07) is 10.2. The lowest BCUT2D eigenvalue weighted by molar-refractivity contribution is -0.00552. The fraction of sp³-hybridized carbons (Fsp3) is 0.538. The first-order chi connectivity index (χ1) is 7.74. The largest absolute Gasteiger partial charge is 0.376 e. The number of hydrogen-bond donors (Lipinski definition) is 0. The van der Waals surface area contributed by atoms with Crippen LogP contribution in [0, 0.1) is 0 Å². The average molecular weight is 287 g/mol. The van der Waals surface area contributed by atoms with Crippen LogP contribution in [0.2, 0.25) is 0 Å². The van der Waals surface area contributed by atoms with Gasteiger partial charge in [0, 0.05) is 5.33 Å². The van der Waals surface area contributed by atoms with Gasteiger partial charge in [0.1, 0.15) is 0 Å². The van der Waals surface area contributed by atoms with Crippen molar-refractivity contribution in [3.63, 3.8) is 0 Å². The Hall–Kier alpha value is -0.380. The summed E-state index contributed by atoms with van der Waals surface area (Å²) in [5.74, 6) is 0. The predicted molar refractivity (Wildman–Crippen MR) is 70.0 cm³/mol. The first-order valence-corrected chi connectivity index (χ1v) is 6.70. The highest BCUT2D eigenvalue weighted by Crippen LogP contribution is 2.19. The predicted octanol–water partition coefficient (Wildman–Crippen LogP) is 3.56. The van der Waals surface area contributed by atoms with Gasteiger partial charge in [-0.1, -0.05) is 46.3 Å². The van der Waals surface area contributed by atoms with Crippen LogP contribution in [-0.4, -0.2) is 24.6 Å². The molecule has 0 spiro atoms. The van der Waals surface area contributed by atoms with Crippen LogP contribution < -0.4 is 0 Å². The minimum Gasteiger partial charge on any atom is -0.376 e. The highest BCUT2D eigenvalue weighted by Gasteiger charge is 2.09. The van der Waals surface area contributed by atoms with Crippen molar-refractivity contribution in [3.05, 3.63) is 35.9 Å².